The maximum atomic E-state index is 13.2. The Balaban J connectivity index is 1.58. The number of sulfonamides is 1. The lowest BCUT2D eigenvalue weighted by atomic mass is 10.1. The number of hydrogen-bond acceptors (Lipinski definition) is 4. The van der Waals surface area contributed by atoms with Gasteiger partial charge in [-0.15, -0.1) is 0 Å². The van der Waals surface area contributed by atoms with Gasteiger partial charge in [-0.05, 0) is 30.7 Å². The fourth-order valence-corrected chi connectivity index (χ4v) is 5.13. The molecule has 0 unspecified atom stereocenters. The van der Waals surface area contributed by atoms with Crippen LogP contribution in [-0.2, 0) is 17.1 Å². The van der Waals surface area contributed by atoms with Crippen molar-refractivity contribution in [1.29, 1.82) is 0 Å². The molecule has 0 saturated carbocycles. The lowest BCUT2D eigenvalue weighted by Crippen LogP contribution is -2.15. The van der Waals surface area contributed by atoms with Gasteiger partial charge in [0.1, 0.15) is 5.82 Å². The number of nitrogens with one attached hydrogen (secondary N) is 2. The maximum Gasteiger partial charge on any atom is 0.263 e. The molecule has 8 heteroatoms. The number of amides is 1. The van der Waals surface area contributed by atoms with E-state index in [1.165, 1.54) is 10.7 Å². The van der Waals surface area contributed by atoms with Crippen molar-refractivity contribution in [2.24, 2.45) is 7.05 Å². The molecule has 7 nitrogen and oxygen atoms in total. The second-order valence-electron chi connectivity index (χ2n) is 7.25. The predicted molar refractivity (Wildman–Crippen MR) is 116 cm³/mol. The van der Waals surface area contributed by atoms with Crippen molar-refractivity contribution in [3.8, 4) is 11.3 Å². The quantitative estimate of drug-likeness (QED) is 0.525. The van der Waals surface area contributed by atoms with Crippen molar-refractivity contribution in [2.45, 2.75) is 11.8 Å². The molecule has 5 rings (SSSR count). The first-order valence-corrected chi connectivity index (χ1v) is 10.8. The molecule has 3 aromatic carbocycles. The minimum absolute atomic E-state index is 0.109. The minimum Gasteiger partial charge on any atom is -0.321 e. The summed E-state index contributed by atoms with van der Waals surface area (Å²) < 4.78 is 30.6. The molecule has 0 fully saturated rings. The Labute approximate surface area is 173 Å². The van der Waals surface area contributed by atoms with Crippen molar-refractivity contribution in [2.75, 3.05) is 10.0 Å². The summed E-state index contributed by atoms with van der Waals surface area (Å²) in [6, 6.07) is 17.7. The van der Waals surface area contributed by atoms with Gasteiger partial charge in [0, 0.05) is 40.7 Å². The summed E-state index contributed by atoms with van der Waals surface area (Å²) in [5, 5.41) is 8.35. The molecule has 4 aromatic rings. The molecule has 150 valence electrons. The van der Waals surface area contributed by atoms with Crippen LogP contribution in [0.25, 0.3) is 22.0 Å². The first-order chi connectivity index (χ1) is 14.3. The Morgan fingerprint density at radius 2 is 1.77 bits per heavy atom. The van der Waals surface area contributed by atoms with Crippen molar-refractivity contribution in [3.63, 3.8) is 0 Å². The van der Waals surface area contributed by atoms with Gasteiger partial charge >= 0.3 is 0 Å². The summed E-state index contributed by atoms with van der Waals surface area (Å²) in [6.45, 7) is 1.98. The van der Waals surface area contributed by atoms with Gasteiger partial charge in [0.15, 0.2) is 0 Å². The van der Waals surface area contributed by atoms with E-state index in [0.29, 0.717) is 33.5 Å². The van der Waals surface area contributed by atoms with Gasteiger partial charge < -0.3 is 5.32 Å². The number of aromatic nitrogens is 2. The molecule has 0 saturated heterocycles. The molecule has 1 amide bonds. The van der Waals surface area contributed by atoms with Gasteiger partial charge in [-0.3, -0.25) is 14.2 Å². The monoisotopic (exact) mass is 418 g/mol. The van der Waals surface area contributed by atoms with Crippen LogP contribution in [-0.4, -0.2) is 24.1 Å². The lowest BCUT2D eigenvalue weighted by molar-refractivity contribution is 0.103. The molecular formula is C22H18N4O3S. The molecule has 1 aliphatic rings. The van der Waals surface area contributed by atoms with Crippen LogP contribution in [0.4, 0.5) is 11.5 Å². The van der Waals surface area contributed by atoms with Crippen molar-refractivity contribution in [3.05, 3.63) is 71.8 Å². The second-order valence-corrected chi connectivity index (χ2v) is 8.90. The molecule has 0 spiro atoms. The van der Waals surface area contributed by atoms with E-state index in [1.54, 1.807) is 37.4 Å². The molecule has 0 aliphatic carbocycles. The highest BCUT2D eigenvalue weighted by atomic mass is 32.2. The normalized spacial score (nSPS) is 12.9. The van der Waals surface area contributed by atoms with E-state index in [1.807, 2.05) is 31.2 Å². The third-order valence-electron chi connectivity index (χ3n) is 5.32. The van der Waals surface area contributed by atoms with Gasteiger partial charge in [0.25, 0.3) is 15.9 Å². The zero-order valence-corrected chi connectivity index (χ0v) is 17.1. The summed E-state index contributed by atoms with van der Waals surface area (Å²) in [5.41, 5.74) is 3.76. The summed E-state index contributed by atoms with van der Waals surface area (Å²) in [4.78, 5) is 12.2. The largest absolute Gasteiger partial charge is 0.321 e. The number of carbonyl (C=O) groups is 1. The Bertz CT molecular complexity index is 1450. The van der Waals surface area contributed by atoms with E-state index >= 15 is 0 Å². The number of nitrogens with zero attached hydrogens (tertiary/aromatic N) is 2. The maximum absolute atomic E-state index is 13.2. The number of rotatable bonds is 4. The Morgan fingerprint density at radius 3 is 2.57 bits per heavy atom. The van der Waals surface area contributed by atoms with Crippen LogP contribution in [0.5, 0.6) is 0 Å². The van der Waals surface area contributed by atoms with Gasteiger partial charge in [0.05, 0.1) is 10.6 Å². The van der Waals surface area contributed by atoms with E-state index in [-0.39, 0.29) is 10.8 Å². The average molecular weight is 418 g/mol. The number of aryl methyl sites for hydroxylation is 2. The first-order valence-electron chi connectivity index (χ1n) is 9.35. The van der Waals surface area contributed by atoms with Crippen LogP contribution < -0.4 is 10.0 Å². The Kier molecular flexibility index (Phi) is 3.94. The molecule has 2 N–H and O–H groups in total. The Morgan fingerprint density at radius 1 is 1.00 bits per heavy atom. The molecule has 2 heterocycles. The van der Waals surface area contributed by atoms with E-state index in [9.17, 15) is 13.2 Å². The molecule has 1 aromatic heterocycles. The van der Waals surface area contributed by atoms with Crippen LogP contribution in [0.1, 0.15) is 15.9 Å². The molecule has 0 atom stereocenters. The van der Waals surface area contributed by atoms with E-state index in [0.717, 1.165) is 11.1 Å². The van der Waals surface area contributed by atoms with Crippen molar-refractivity contribution in [1.82, 2.24) is 9.78 Å². The SMILES string of the molecule is Cc1ccccc1-c1cc(NS(=O)(=O)c2ccc3c4c(cccc24)C(=O)N3)n(C)n1. The van der Waals surface area contributed by atoms with Gasteiger partial charge in [-0.1, -0.05) is 36.4 Å². The van der Waals surface area contributed by atoms with Crippen LogP contribution >= 0.6 is 0 Å². The zero-order chi connectivity index (χ0) is 21.0. The smallest absolute Gasteiger partial charge is 0.263 e. The summed E-state index contributed by atoms with van der Waals surface area (Å²) in [6.07, 6.45) is 0. The van der Waals surface area contributed by atoms with Crippen LogP contribution in [0.2, 0.25) is 0 Å². The highest BCUT2D eigenvalue weighted by Gasteiger charge is 2.27. The highest BCUT2D eigenvalue weighted by molar-refractivity contribution is 7.93. The standard InChI is InChI=1S/C22H18N4O3S/c1-13-6-3-4-7-14(13)18-12-20(26(2)24-18)25-30(28,29)19-11-10-17-21-15(19)8-5-9-16(21)22(27)23-17/h3-12,25H,1-2H3,(H,23,27). The zero-order valence-electron chi connectivity index (χ0n) is 16.3. The first kappa shape index (κ1) is 18.4. The summed E-state index contributed by atoms with van der Waals surface area (Å²) >= 11 is 0. The van der Waals surface area contributed by atoms with E-state index in [4.69, 9.17) is 0 Å². The van der Waals surface area contributed by atoms with Crippen LogP contribution in [0, 0.1) is 6.92 Å². The van der Waals surface area contributed by atoms with Crippen LogP contribution in [0.3, 0.4) is 0 Å². The number of benzene rings is 3. The molecule has 0 radical (unpaired) electrons. The number of carbonyl (C=O) groups excluding carboxylic acids is 1. The highest BCUT2D eigenvalue weighted by Crippen LogP contribution is 2.37. The van der Waals surface area contributed by atoms with E-state index in [2.05, 4.69) is 15.1 Å². The summed E-state index contributed by atoms with van der Waals surface area (Å²) in [5.74, 6) is 0.123. The average Bonchev–Trinajstić information content (AvgIpc) is 3.23. The fraction of sp³-hybridized carbons (Fsp3) is 0.0909. The van der Waals surface area contributed by atoms with Crippen LogP contribution in [0.15, 0.2) is 65.6 Å². The summed E-state index contributed by atoms with van der Waals surface area (Å²) in [7, 11) is -2.22. The lowest BCUT2D eigenvalue weighted by Gasteiger charge is -2.11. The predicted octanol–water partition coefficient (Wildman–Crippen LogP) is 3.92. The fourth-order valence-electron chi connectivity index (χ4n) is 3.84. The topological polar surface area (TPSA) is 93.1 Å². The van der Waals surface area contributed by atoms with Crippen molar-refractivity contribution < 1.29 is 13.2 Å². The molecule has 0 bridgehead atoms. The number of anilines is 2. The Hall–Kier alpha value is -3.65. The second kappa shape index (κ2) is 6.43. The minimum atomic E-state index is -3.91. The number of hydrogen-bond donors (Lipinski definition) is 2. The molecular weight excluding hydrogens is 400 g/mol. The van der Waals surface area contributed by atoms with Gasteiger partial charge in [-0.25, -0.2) is 8.42 Å². The third kappa shape index (κ3) is 2.76. The molecule has 30 heavy (non-hydrogen) atoms. The van der Waals surface area contributed by atoms with Crippen molar-refractivity contribution >= 4 is 38.2 Å². The van der Waals surface area contributed by atoms with E-state index < -0.39 is 10.0 Å². The third-order valence-corrected chi connectivity index (χ3v) is 6.74. The van der Waals surface area contributed by atoms with Gasteiger partial charge in [0.2, 0.25) is 0 Å². The van der Waals surface area contributed by atoms with Gasteiger partial charge in [-0.2, -0.15) is 5.10 Å². The molecule has 1 aliphatic heterocycles.